The molecule has 0 aromatic rings. The number of likely N-dealkylation sites (tertiary alicyclic amines) is 1. The van der Waals surface area contributed by atoms with E-state index in [-0.39, 0.29) is 0 Å². The van der Waals surface area contributed by atoms with Gasteiger partial charge in [0.05, 0.1) is 0 Å². The van der Waals surface area contributed by atoms with E-state index in [2.05, 4.69) is 31.0 Å². The summed E-state index contributed by atoms with van der Waals surface area (Å²) in [4.78, 5) is 2.70. The fourth-order valence-electron chi connectivity index (χ4n) is 2.68. The maximum atomic E-state index is 3.58. The number of rotatable bonds is 6. The van der Waals surface area contributed by atoms with Gasteiger partial charge in [0.1, 0.15) is 0 Å². The van der Waals surface area contributed by atoms with E-state index in [1.165, 1.54) is 51.6 Å². The molecule has 0 aromatic heterocycles. The van der Waals surface area contributed by atoms with Crippen molar-refractivity contribution in [1.29, 1.82) is 0 Å². The average Bonchev–Trinajstić information content (AvgIpc) is 2.49. The smallest absolute Gasteiger partial charge is 0.0195 e. The Morgan fingerprint density at radius 2 is 2.12 bits per heavy atom. The predicted molar refractivity (Wildman–Crippen MR) is 71.9 cm³/mol. The van der Waals surface area contributed by atoms with E-state index in [0.29, 0.717) is 6.04 Å². The van der Waals surface area contributed by atoms with Crippen LogP contribution in [0.15, 0.2) is 0 Å². The lowest BCUT2D eigenvalue weighted by Gasteiger charge is -2.33. The fraction of sp³-hybridized carbons (Fsp3) is 1.00. The lowest BCUT2D eigenvalue weighted by atomic mass is 10.1. The number of hydrogen-bond donors (Lipinski definition) is 1. The second-order valence-corrected chi connectivity index (χ2v) is 5.34. The molecule has 1 N–H and O–H groups in total. The Bertz CT molecular complexity index is 170. The maximum Gasteiger partial charge on any atom is 0.0195 e. The summed E-state index contributed by atoms with van der Waals surface area (Å²) < 4.78 is 0. The Morgan fingerprint density at radius 1 is 1.31 bits per heavy atom. The van der Waals surface area contributed by atoms with Crippen LogP contribution < -0.4 is 5.32 Å². The van der Waals surface area contributed by atoms with Crippen LogP contribution in [0.3, 0.4) is 0 Å². The molecule has 0 bridgehead atoms. The molecule has 1 heterocycles. The summed E-state index contributed by atoms with van der Waals surface area (Å²) in [5.41, 5.74) is 0. The molecule has 0 spiro atoms. The number of unbranched alkanes of at least 4 members (excludes halogenated alkanes) is 1. The quantitative estimate of drug-likeness (QED) is 0.700. The van der Waals surface area contributed by atoms with Gasteiger partial charge in [-0.25, -0.2) is 0 Å². The van der Waals surface area contributed by atoms with Gasteiger partial charge >= 0.3 is 0 Å². The maximum absolute atomic E-state index is 3.58. The number of nitrogens with one attached hydrogen (secondary N) is 1. The van der Waals surface area contributed by atoms with Crippen LogP contribution in [0.1, 0.15) is 59.3 Å². The van der Waals surface area contributed by atoms with E-state index >= 15 is 0 Å². The van der Waals surface area contributed by atoms with Crippen molar-refractivity contribution in [3.8, 4) is 0 Å². The molecule has 2 atom stereocenters. The van der Waals surface area contributed by atoms with Crippen LogP contribution in [0.25, 0.3) is 0 Å². The highest BCUT2D eigenvalue weighted by atomic mass is 15.2. The van der Waals surface area contributed by atoms with Crippen molar-refractivity contribution in [2.45, 2.75) is 71.4 Å². The third kappa shape index (κ3) is 4.84. The Labute approximate surface area is 102 Å². The average molecular weight is 226 g/mol. The van der Waals surface area contributed by atoms with Gasteiger partial charge in [-0.05, 0) is 46.2 Å². The molecule has 16 heavy (non-hydrogen) atoms. The Kier molecular flexibility index (Phi) is 7.06. The molecular weight excluding hydrogens is 196 g/mol. The van der Waals surface area contributed by atoms with Crippen LogP contribution in [0, 0.1) is 0 Å². The van der Waals surface area contributed by atoms with Gasteiger partial charge in [-0.2, -0.15) is 0 Å². The highest BCUT2D eigenvalue weighted by Gasteiger charge is 2.21. The Morgan fingerprint density at radius 3 is 2.88 bits per heavy atom. The van der Waals surface area contributed by atoms with Crippen molar-refractivity contribution < 1.29 is 0 Å². The minimum atomic E-state index is 0.699. The zero-order valence-corrected chi connectivity index (χ0v) is 11.5. The van der Waals surface area contributed by atoms with Crippen LogP contribution in [-0.4, -0.2) is 36.6 Å². The van der Waals surface area contributed by atoms with Gasteiger partial charge in [0.15, 0.2) is 0 Å². The predicted octanol–water partition coefficient (Wildman–Crippen LogP) is 3.03. The molecule has 1 saturated heterocycles. The molecule has 2 unspecified atom stereocenters. The van der Waals surface area contributed by atoms with E-state index in [1.807, 2.05) is 0 Å². The molecule has 0 saturated carbocycles. The zero-order valence-electron chi connectivity index (χ0n) is 11.5. The van der Waals surface area contributed by atoms with Crippen LogP contribution >= 0.6 is 0 Å². The molecule has 1 fully saturated rings. The molecule has 0 radical (unpaired) electrons. The summed E-state index contributed by atoms with van der Waals surface area (Å²) in [7, 11) is 0. The summed E-state index contributed by atoms with van der Waals surface area (Å²) in [5.74, 6) is 0. The molecule has 96 valence electrons. The second-order valence-electron chi connectivity index (χ2n) is 5.34. The summed E-state index contributed by atoms with van der Waals surface area (Å²) in [5, 5.41) is 3.58. The van der Waals surface area contributed by atoms with Crippen LogP contribution in [0.5, 0.6) is 0 Å². The van der Waals surface area contributed by atoms with Gasteiger partial charge in [0.25, 0.3) is 0 Å². The molecule has 0 aliphatic carbocycles. The van der Waals surface area contributed by atoms with Gasteiger partial charge in [-0.15, -0.1) is 0 Å². The normalized spacial score (nSPS) is 25.3. The first kappa shape index (κ1) is 14.0. The third-order valence-electron chi connectivity index (χ3n) is 3.82. The molecule has 0 amide bonds. The first-order chi connectivity index (χ1) is 7.75. The van der Waals surface area contributed by atoms with Crippen molar-refractivity contribution in [3.63, 3.8) is 0 Å². The zero-order chi connectivity index (χ0) is 11.8. The van der Waals surface area contributed by atoms with E-state index in [4.69, 9.17) is 0 Å². The molecule has 1 aliphatic heterocycles. The molecule has 2 nitrogen and oxygen atoms in total. The Balaban J connectivity index is 2.24. The molecule has 1 aliphatic rings. The van der Waals surface area contributed by atoms with Crippen LogP contribution in [0.4, 0.5) is 0 Å². The largest absolute Gasteiger partial charge is 0.315 e. The van der Waals surface area contributed by atoms with E-state index in [1.54, 1.807) is 0 Å². The lowest BCUT2D eigenvalue weighted by molar-refractivity contribution is 0.155. The fourth-order valence-corrected chi connectivity index (χ4v) is 2.68. The van der Waals surface area contributed by atoms with E-state index in [9.17, 15) is 0 Å². The molecule has 2 heteroatoms. The van der Waals surface area contributed by atoms with E-state index < -0.39 is 0 Å². The van der Waals surface area contributed by atoms with Crippen molar-refractivity contribution in [2.75, 3.05) is 19.6 Å². The van der Waals surface area contributed by atoms with Crippen LogP contribution in [0.2, 0.25) is 0 Å². The Hall–Kier alpha value is -0.0800. The molecule has 1 rings (SSSR count). The highest BCUT2D eigenvalue weighted by Crippen LogP contribution is 2.18. The second kappa shape index (κ2) is 8.08. The van der Waals surface area contributed by atoms with Crippen LogP contribution in [-0.2, 0) is 0 Å². The monoisotopic (exact) mass is 226 g/mol. The first-order valence-electron chi connectivity index (χ1n) is 7.22. The van der Waals surface area contributed by atoms with Gasteiger partial charge in [0.2, 0.25) is 0 Å². The molecular formula is C14H30N2. The summed E-state index contributed by atoms with van der Waals surface area (Å²) >= 11 is 0. The van der Waals surface area contributed by atoms with Gasteiger partial charge in [-0.3, -0.25) is 4.90 Å². The summed E-state index contributed by atoms with van der Waals surface area (Å²) in [6.45, 7) is 10.7. The minimum Gasteiger partial charge on any atom is -0.315 e. The first-order valence-corrected chi connectivity index (χ1v) is 7.22. The summed E-state index contributed by atoms with van der Waals surface area (Å²) in [6.07, 6.45) is 8.23. The van der Waals surface area contributed by atoms with Gasteiger partial charge in [-0.1, -0.05) is 26.2 Å². The number of nitrogens with zero attached hydrogens (tertiary/aromatic N) is 1. The van der Waals surface area contributed by atoms with Crippen molar-refractivity contribution in [1.82, 2.24) is 10.2 Å². The van der Waals surface area contributed by atoms with E-state index in [0.717, 1.165) is 12.6 Å². The van der Waals surface area contributed by atoms with Crippen molar-refractivity contribution in [3.05, 3.63) is 0 Å². The third-order valence-corrected chi connectivity index (χ3v) is 3.82. The molecule has 0 aromatic carbocycles. The number of hydrogen-bond acceptors (Lipinski definition) is 2. The van der Waals surface area contributed by atoms with Gasteiger partial charge < -0.3 is 5.32 Å². The SMILES string of the molecule is CCCCNCC(C)N1CCCCCC1C. The lowest BCUT2D eigenvalue weighted by Crippen LogP contribution is -2.45. The van der Waals surface area contributed by atoms with Crippen molar-refractivity contribution in [2.24, 2.45) is 0 Å². The standard InChI is InChI=1S/C14H30N2/c1-4-5-10-15-12-14(3)16-11-8-6-7-9-13(16)2/h13-15H,4-12H2,1-3H3. The highest BCUT2D eigenvalue weighted by molar-refractivity contribution is 4.77. The summed E-state index contributed by atoms with van der Waals surface area (Å²) in [6, 6.07) is 1.48. The topological polar surface area (TPSA) is 15.3 Å². The minimum absolute atomic E-state index is 0.699. The van der Waals surface area contributed by atoms with Gasteiger partial charge in [0, 0.05) is 18.6 Å². The van der Waals surface area contributed by atoms with Crippen molar-refractivity contribution >= 4 is 0 Å².